The van der Waals surface area contributed by atoms with Crippen molar-refractivity contribution in [2.45, 2.75) is 26.7 Å². The number of pyridine rings is 1. The Hall–Kier alpha value is -1.29. The van der Waals surface area contributed by atoms with Gasteiger partial charge in [-0.1, -0.05) is 19.9 Å². The largest absolute Gasteiger partial charge is 0.384 e. The van der Waals surface area contributed by atoms with E-state index < -0.39 is 0 Å². The van der Waals surface area contributed by atoms with Crippen molar-refractivity contribution in [1.29, 1.82) is 0 Å². The molecule has 5 heteroatoms. The Balaban J connectivity index is 0.00000162. The molecule has 0 atom stereocenters. The van der Waals surface area contributed by atoms with Crippen LogP contribution >= 0.6 is 12.4 Å². The van der Waals surface area contributed by atoms with Crippen LogP contribution in [-0.4, -0.2) is 28.9 Å². The zero-order valence-corrected chi connectivity index (χ0v) is 11.7. The SMILES string of the molecule is CC1(C)CCCN(C(=O)c2cccc(N)n2)C1.Cl. The zero-order chi connectivity index (χ0) is 12.5. The first-order valence-corrected chi connectivity index (χ1v) is 6.00. The van der Waals surface area contributed by atoms with Crippen molar-refractivity contribution in [2.75, 3.05) is 18.8 Å². The molecule has 0 unspecified atom stereocenters. The monoisotopic (exact) mass is 269 g/mol. The summed E-state index contributed by atoms with van der Waals surface area (Å²) in [5, 5.41) is 0. The van der Waals surface area contributed by atoms with E-state index in [1.165, 1.54) is 6.42 Å². The molecule has 4 nitrogen and oxygen atoms in total. The number of aromatic nitrogens is 1. The van der Waals surface area contributed by atoms with Gasteiger partial charge in [-0.2, -0.15) is 0 Å². The molecule has 0 bridgehead atoms. The number of anilines is 1. The van der Waals surface area contributed by atoms with Crippen LogP contribution in [0.3, 0.4) is 0 Å². The zero-order valence-electron chi connectivity index (χ0n) is 10.8. The third-order valence-corrected chi connectivity index (χ3v) is 3.18. The molecule has 0 spiro atoms. The Bertz CT molecular complexity index is 434. The Morgan fingerprint density at radius 3 is 2.78 bits per heavy atom. The molecular weight excluding hydrogens is 250 g/mol. The molecule has 0 saturated carbocycles. The van der Waals surface area contributed by atoms with Gasteiger partial charge in [0.1, 0.15) is 11.5 Å². The summed E-state index contributed by atoms with van der Waals surface area (Å²) in [6, 6.07) is 5.18. The fourth-order valence-electron chi connectivity index (χ4n) is 2.33. The van der Waals surface area contributed by atoms with Crippen LogP contribution in [0.1, 0.15) is 37.2 Å². The number of nitrogens with two attached hydrogens (primary N) is 1. The highest BCUT2D eigenvalue weighted by molar-refractivity contribution is 5.92. The molecule has 0 aromatic carbocycles. The molecule has 1 aliphatic heterocycles. The minimum absolute atomic E-state index is 0. The lowest BCUT2D eigenvalue weighted by atomic mass is 9.84. The molecule has 1 fully saturated rings. The Kier molecular flexibility index (Phi) is 4.57. The van der Waals surface area contributed by atoms with Gasteiger partial charge in [0.15, 0.2) is 0 Å². The van der Waals surface area contributed by atoms with E-state index in [9.17, 15) is 4.79 Å². The number of hydrogen-bond donors (Lipinski definition) is 1. The molecule has 2 heterocycles. The van der Waals surface area contributed by atoms with Gasteiger partial charge >= 0.3 is 0 Å². The van der Waals surface area contributed by atoms with Crippen LogP contribution < -0.4 is 5.73 Å². The molecule has 100 valence electrons. The van der Waals surface area contributed by atoms with Crippen molar-refractivity contribution < 1.29 is 4.79 Å². The second kappa shape index (κ2) is 5.57. The van der Waals surface area contributed by atoms with Gasteiger partial charge in [-0.15, -0.1) is 12.4 Å². The topological polar surface area (TPSA) is 59.2 Å². The van der Waals surface area contributed by atoms with Crippen LogP contribution in [0, 0.1) is 5.41 Å². The number of rotatable bonds is 1. The van der Waals surface area contributed by atoms with E-state index in [0.29, 0.717) is 11.5 Å². The second-order valence-electron chi connectivity index (χ2n) is 5.44. The highest BCUT2D eigenvalue weighted by Crippen LogP contribution is 2.29. The van der Waals surface area contributed by atoms with E-state index >= 15 is 0 Å². The van der Waals surface area contributed by atoms with Gasteiger partial charge in [0.2, 0.25) is 0 Å². The summed E-state index contributed by atoms with van der Waals surface area (Å²) < 4.78 is 0. The molecule has 2 rings (SSSR count). The summed E-state index contributed by atoms with van der Waals surface area (Å²) in [7, 11) is 0. The van der Waals surface area contributed by atoms with Gasteiger partial charge in [-0.3, -0.25) is 4.79 Å². The molecule has 2 N–H and O–H groups in total. The van der Waals surface area contributed by atoms with Crippen LogP contribution in [0.4, 0.5) is 5.82 Å². The summed E-state index contributed by atoms with van der Waals surface area (Å²) >= 11 is 0. The van der Waals surface area contributed by atoms with Crippen LogP contribution in [0.25, 0.3) is 0 Å². The molecule has 1 saturated heterocycles. The number of nitrogen functional groups attached to an aromatic ring is 1. The van der Waals surface area contributed by atoms with Crippen molar-refractivity contribution in [1.82, 2.24) is 9.88 Å². The maximum Gasteiger partial charge on any atom is 0.272 e. The average molecular weight is 270 g/mol. The van der Waals surface area contributed by atoms with Gasteiger partial charge in [-0.25, -0.2) is 4.98 Å². The molecule has 1 aromatic heterocycles. The lowest BCUT2D eigenvalue weighted by Gasteiger charge is -2.37. The molecule has 0 radical (unpaired) electrons. The van der Waals surface area contributed by atoms with Crippen molar-refractivity contribution in [3.05, 3.63) is 23.9 Å². The fourth-order valence-corrected chi connectivity index (χ4v) is 2.33. The summed E-state index contributed by atoms with van der Waals surface area (Å²) in [4.78, 5) is 18.2. The van der Waals surface area contributed by atoms with E-state index in [4.69, 9.17) is 5.73 Å². The number of carbonyl (C=O) groups excluding carboxylic acids is 1. The molecule has 1 aromatic rings. The van der Waals surface area contributed by atoms with Gasteiger partial charge < -0.3 is 10.6 Å². The maximum absolute atomic E-state index is 12.2. The van der Waals surface area contributed by atoms with Crippen molar-refractivity contribution in [3.63, 3.8) is 0 Å². The third kappa shape index (κ3) is 3.35. The second-order valence-corrected chi connectivity index (χ2v) is 5.44. The van der Waals surface area contributed by atoms with Crippen molar-refractivity contribution in [3.8, 4) is 0 Å². The van der Waals surface area contributed by atoms with Crippen LogP contribution in [0.15, 0.2) is 18.2 Å². The van der Waals surface area contributed by atoms with Crippen molar-refractivity contribution >= 4 is 24.1 Å². The van der Waals surface area contributed by atoms with E-state index in [0.717, 1.165) is 19.5 Å². The smallest absolute Gasteiger partial charge is 0.272 e. The maximum atomic E-state index is 12.2. The summed E-state index contributed by atoms with van der Waals surface area (Å²) in [6.45, 7) is 6.00. The molecular formula is C13H20ClN3O. The number of hydrogen-bond acceptors (Lipinski definition) is 3. The molecule has 1 aliphatic rings. The first kappa shape index (κ1) is 14.8. The molecule has 0 aliphatic carbocycles. The van der Waals surface area contributed by atoms with E-state index in [1.54, 1.807) is 18.2 Å². The van der Waals surface area contributed by atoms with Crippen LogP contribution in [0.2, 0.25) is 0 Å². The molecule has 18 heavy (non-hydrogen) atoms. The van der Waals surface area contributed by atoms with E-state index in [-0.39, 0.29) is 23.7 Å². The predicted octanol–water partition coefficient (Wildman–Crippen LogP) is 2.35. The summed E-state index contributed by atoms with van der Waals surface area (Å²) in [5.74, 6) is 0.386. The predicted molar refractivity (Wildman–Crippen MR) is 74.8 cm³/mol. The van der Waals surface area contributed by atoms with Crippen molar-refractivity contribution in [2.24, 2.45) is 5.41 Å². The summed E-state index contributed by atoms with van der Waals surface area (Å²) in [6.07, 6.45) is 2.22. The first-order valence-electron chi connectivity index (χ1n) is 6.00. The van der Waals surface area contributed by atoms with Gasteiger partial charge in [-0.05, 0) is 30.4 Å². The average Bonchev–Trinajstić information content (AvgIpc) is 2.26. The number of piperidine rings is 1. The van der Waals surface area contributed by atoms with Crippen LogP contribution in [-0.2, 0) is 0 Å². The number of amides is 1. The normalized spacial score (nSPS) is 18.0. The highest BCUT2D eigenvalue weighted by atomic mass is 35.5. The van der Waals surface area contributed by atoms with E-state index in [1.807, 2.05) is 4.90 Å². The minimum atomic E-state index is -0.00919. The Morgan fingerprint density at radius 1 is 1.44 bits per heavy atom. The van der Waals surface area contributed by atoms with Gasteiger partial charge in [0, 0.05) is 13.1 Å². The summed E-state index contributed by atoms with van der Waals surface area (Å²) in [5.41, 5.74) is 6.25. The van der Waals surface area contributed by atoms with Gasteiger partial charge in [0.05, 0.1) is 0 Å². The first-order chi connectivity index (χ1) is 7.98. The highest BCUT2D eigenvalue weighted by Gasteiger charge is 2.29. The lowest BCUT2D eigenvalue weighted by molar-refractivity contribution is 0.0578. The van der Waals surface area contributed by atoms with Crippen LogP contribution in [0.5, 0.6) is 0 Å². The number of halogens is 1. The lowest BCUT2D eigenvalue weighted by Crippen LogP contribution is -2.43. The number of carbonyl (C=O) groups is 1. The minimum Gasteiger partial charge on any atom is -0.384 e. The fraction of sp³-hybridized carbons (Fsp3) is 0.538. The molecule has 1 amide bonds. The standard InChI is InChI=1S/C13H19N3O.ClH/c1-13(2)7-4-8-16(9-13)12(17)10-5-3-6-11(14)15-10;/h3,5-6H,4,7-9H2,1-2H3,(H2,14,15);1H. The Labute approximate surface area is 114 Å². The number of likely N-dealkylation sites (tertiary alicyclic amines) is 1. The van der Waals surface area contributed by atoms with Gasteiger partial charge in [0.25, 0.3) is 5.91 Å². The third-order valence-electron chi connectivity index (χ3n) is 3.18. The Morgan fingerprint density at radius 2 is 2.17 bits per heavy atom. The quantitative estimate of drug-likeness (QED) is 0.851. The van der Waals surface area contributed by atoms with E-state index in [2.05, 4.69) is 18.8 Å². The number of nitrogens with zero attached hydrogens (tertiary/aromatic N) is 2.